The molecular formula is C19H27N5O. The van der Waals surface area contributed by atoms with Crippen LogP contribution in [0, 0.1) is 12.8 Å². The molecule has 134 valence electrons. The second-order valence-corrected chi connectivity index (χ2v) is 7.16. The van der Waals surface area contributed by atoms with Crippen molar-refractivity contribution < 1.29 is 4.74 Å². The highest BCUT2D eigenvalue weighted by Gasteiger charge is 2.24. The Labute approximate surface area is 149 Å². The third-order valence-electron chi connectivity index (χ3n) is 5.17. The van der Waals surface area contributed by atoms with E-state index in [0.717, 1.165) is 64.0 Å². The van der Waals surface area contributed by atoms with Crippen LogP contribution in [0.1, 0.15) is 17.7 Å². The number of anilines is 1. The summed E-state index contributed by atoms with van der Waals surface area (Å²) in [6.07, 6.45) is 5.05. The van der Waals surface area contributed by atoms with Crippen molar-refractivity contribution in [3.63, 3.8) is 0 Å². The highest BCUT2D eigenvalue weighted by molar-refractivity contribution is 5.48. The molecule has 0 radical (unpaired) electrons. The molecule has 1 atom stereocenters. The Kier molecular flexibility index (Phi) is 4.99. The normalized spacial score (nSPS) is 21.3. The van der Waals surface area contributed by atoms with Gasteiger partial charge in [0.1, 0.15) is 5.82 Å². The van der Waals surface area contributed by atoms with Crippen LogP contribution in [0.25, 0.3) is 0 Å². The number of pyridine rings is 1. The molecule has 1 saturated heterocycles. The third kappa shape index (κ3) is 4.02. The van der Waals surface area contributed by atoms with Crippen LogP contribution in [0.2, 0.25) is 0 Å². The monoisotopic (exact) mass is 341 g/mol. The van der Waals surface area contributed by atoms with Crippen LogP contribution in [0.5, 0.6) is 0 Å². The SMILES string of the molecule is Cc1ccc2c(n1)N(CCn1cccn1)CCN(C[C@@H]1CCOC1)C2. The number of rotatable bonds is 5. The molecule has 0 spiro atoms. The quantitative estimate of drug-likeness (QED) is 0.832. The van der Waals surface area contributed by atoms with Gasteiger partial charge in [-0.25, -0.2) is 4.98 Å². The lowest BCUT2D eigenvalue weighted by atomic mass is 10.1. The maximum absolute atomic E-state index is 5.56. The predicted molar refractivity (Wildman–Crippen MR) is 97.6 cm³/mol. The van der Waals surface area contributed by atoms with Crippen molar-refractivity contribution in [3.05, 3.63) is 41.9 Å². The van der Waals surface area contributed by atoms with Crippen LogP contribution in [-0.4, -0.2) is 59.1 Å². The summed E-state index contributed by atoms with van der Waals surface area (Å²) in [5, 5.41) is 4.33. The lowest BCUT2D eigenvalue weighted by Crippen LogP contribution is -2.36. The molecule has 2 aromatic heterocycles. The maximum Gasteiger partial charge on any atom is 0.133 e. The molecule has 2 aliphatic rings. The number of nitrogens with zero attached hydrogens (tertiary/aromatic N) is 5. The lowest BCUT2D eigenvalue weighted by molar-refractivity contribution is 0.166. The second kappa shape index (κ2) is 7.54. The zero-order chi connectivity index (χ0) is 17.1. The first-order chi connectivity index (χ1) is 12.3. The van der Waals surface area contributed by atoms with Crippen LogP contribution in [0.15, 0.2) is 30.6 Å². The van der Waals surface area contributed by atoms with E-state index < -0.39 is 0 Å². The predicted octanol–water partition coefficient (Wildman–Crippen LogP) is 1.95. The molecule has 0 aromatic carbocycles. The summed E-state index contributed by atoms with van der Waals surface area (Å²) in [6.45, 7) is 9.93. The Balaban J connectivity index is 1.49. The van der Waals surface area contributed by atoms with E-state index >= 15 is 0 Å². The average Bonchev–Trinajstić information content (AvgIpc) is 3.27. The van der Waals surface area contributed by atoms with Gasteiger partial charge >= 0.3 is 0 Å². The van der Waals surface area contributed by atoms with Crippen molar-refractivity contribution in [2.45, 2.75) is 26.4 Å². The summed E-state index contributed by atoms with van der Waals surface area (Å²) in [5.41, 5.74) is 2.42. The summed E-state index contributed by atoms with van der Waals surface area (Å²) in [5.74, 6) is 1.83. The molecule has 25 heavy (non-hydrogen) atoms. The fraction of sp³-hybridized carbons (Fsp3) is 0.579. The fourth-order valence-corrected chi connectivity index (χ4v) is 3.78. The van der Waals surface area contributed by atoms with Crippen LogP contribution >= 0.6 is 0 Å². The highest BCUT2D eigenvalue weighted by atomic mass is 16.5. The summed E-state index contributed by atoms with van der Waals surface area (Å²) in [6, 6.07) is 6.36. The zero-order valence-corrected chi connectivity index (χ0v) is 15.0. The van der Waals surface area contributed by atoms with Crippen LogP contribution in [0.4, 0.5) is 5.82 Å². The van der Waals surface area contributed by atoms with Gasteiger partial charge in [-0.05, 0) is 31.4 Å². The first-order valence-electron chi connectivity index (χ1n) is 9.27. The van der Waals surface area contributed by atoms with Crippen molar-refractivity contribution >= 4 is 5.82 Å². The van der Waals surface area contributed by atoms with Crippen LogP contribution in [0.3, 0.4) is 0 Å². The summed E-state index contributed by atoms with van der Waals surface area (Å²) >= 11 is 0. The number of hydrogen-bond donors (Lipinski definition) is 0. The molecule has 0 amide bonds. The van der Waals surface area contributed by atoms with E-state index in [0.29, 0.717) is 5.92 Å². The number of aryl methyl sites for hydroxylation is 1. The molecule has 6 nitrogen and oxygen atoms in total. The van der Waals surface area contributed by atoms with Crippen molar-refractivity contribution in [2.24, 2.45) is 5.92 Å². The number of fused-ring (bicyclic) bond motifs is 1. The van der Waals surface area contributed by atoms with Gasteiger partial charge in [0, 0.05) is 63.0 Å². The molecule has 2 aliphatic heterocycles. The van der Waals surface area contributed by atoms with Gasteiger partial charge in [-0.1, -0.05) is 6.07 Å². The number of ether oxygens (including phenoxy) is 1. The third-order valence-corrected chi connectivity index (χ3v) is 5.17. The minimum absolute atomic E-state index is 0.678. The fourth-order valence-electron chi connectivity index (χ4n) is 3.78. The van der Waals surface area contributed by atoms with E-state index in [1.165, 1.54) is 12.0 Å². The molecular weight excluding hydrogens is 314 g/mol. The first-order valence-corrected chi connectivity index (χ1v) is 9.27. The minimum Gasteiger partial charge on any atom is -0.381 e. The van der Waals surface area contributed by atoms with Crippen LogP contribution < -0.4 is 4.90 Å². The number of aromatic nitrogens is 3. The molecule has 0 unspecified atom stereocenters. The highest BCUT2D eigenvalue weighted by Crippen LogP contribution is 2.25. The van der Waals surface area contributed by atoms with E-state index in [-0.39, 0.29) is 0 Å². The Morgan fingerprint density at radius 1 is 1.24 bits per heavy atom. The summed E-state index contributed by atoms with van der Waals surface area (Å²) in [4.78, 5) is 9.86. The van der Waals surface area contributed by atoms with Gasteiger partial charge < -0.3 is 9.64 Å². The maximum atomic E-state index is 5.56. The largest absolute Gasteiger partial charge is 0.381 e. The van der Waals surface area contributed by atoms with Crippen molar-refractivity contribution in [2.75, 3.05) is 44.3 Å². The number of hydrogen-bond acceptors (Lipinski definition) is 5. The Bertz CT molecular complexity index is 681. The summed E-state index contributed by atoms with van der Waals surface area (Å²) in [7, 11) is 0. The Morgan fingerprint density at radius 2 is 2.20 bits per heavy atom. The second-order valence-electron chi connectivity index (χ2n) is 7.16. The van der Waals surface area contributed by atoms with Crippen LogP contribution in [-0.2, 0) is 17.8 Å². The van der Waals surface area contributed by atoms with Gasteiger partial charge in [0.2, 0.25) is 0 Å². The first kappa shape index (κ1) is 16.5. The van der Waals surface area contributed by atoms with E-state index in [1.807, 2.05) is 23.1 Å². The van der Waals surface area contributed by atoms with Gasteiger partial charge in [0.15, 0.2) is 0 Å². The average molecular weight is 341 g/mol. The molecule has 0 N–H and O–H groups in total. The van der Waals surface area contributed by atoms with Gasteiger partial charge in [-0.3, -0.25) is 9.58 Å². The topological polar surface area (TPSA) is 46.4 Å². The standard InChI is InChI=1S/C19H27N5O/c1-16-3-4-18-14-22(13-17-5-12-25-15-17)8-9-23(19(18)21-16)10-11-24-7-2-6-20-24/h2-4,6-7,17H,5,8-15H2,1H3/t17-/m0/s1. The minimum atomic E-state index is 0.678. The zero-order valence-electron chi connectivity index (χ0n) is 15.0. The Morgan fingerprint density at radius 3 is 3.00 bits per heavy atom. The van der Waals surface area contributed by atoms with Gasteiger partial charge in [0.25, 0.3) is 0 Å². The molecule has 4 rings (SSSR count). The van der Waals surface area contributed by atoms with Gasteiger partial charge in [-0.2, -0.15) is 5.10 Å². The summed E-state index contributed by atoms with van der Waals surface area (Å²) < 4.78 is 7.55. The van der Waals surface area contributed by atoms with Crippen molar-refractivity contribution in [1.29, 1.82) is 0 Å². The van der Waals surface area contributed by atoms with E-state index in [1.54, 1.807) is 0 Å². The van der Waals surface area contributed by atoms with Crippen molar-refractivity contribution in [3.8, 4) is 0 Å². The van der Waals surface area contributed by atoms with E-state index in [4.69, 9.17) is 9.72 Å². The van der Waals surface area contributed by atoms with Gasteiger partial charge in [0.05, 0.1) is 13.2 Å². The molecule has 0 aliphatic carbocycles. The van der Waals surface area contributed by atoms with E-state index in [9.17, 15) is 0 Å². The molecule has 0 bridgehead atoms. The molecule has 6 heteroatoms. The lowest BCUT2D eigenvalue weighted by Gasteiger charge is -2.25. The smallest absolute Gasteiger partial charge is 0.133 e. The molecule has 4 heterocycles. The molecule has 2 aromatic rings. The van der Waals surface area contributed by atoms with E-state index in [2.05, 4.69) is 34.0 Å². The Hall–Kier alpha value is -1.92. The molecule has 1 fully saturated rings. The van der Waals surface area contributed by atoms with Crippen molar-refractivity contribution in [1.82, 2.24) is 19.7 Å². The van der Waals surface area contributed by atoms with Gasteiger partial charge in [-0.15, -0.1) is 0 Å². The molecule has 0 saturated carbocycles.